The molecule has 3 N–H and O–H groups in total. The summed E-state index contributed by atoms with van der Waals surface area (Å²) in [6.45, 7) is 0.0259. The second-order valence-corrected chi connectivity index (χ2v) is 7.81. The third kappa shape index (κ3) is 3.98. The molecule has 0 unspecified atom stereocenters. The molecule has 2 atom stereocenters. The standard InChI is InChI=1S/C26H22N2O4/c27-14-17-8-2-1-7-16(17)13-23(28)24(25(29)30)26(31)32-15-22-20-11-5-3-9-18(20)19-10-4-6-12-21(19)22/h1-12,22-24H,13,15,28H2,(H,29,30)/t23-,24-/m1/s1. The van der Waals surface area contributed by atoms with Gasteiger partial charge in [-0.2, -0.15) is 5.26 Å². The van der Waals surface area contributed by atoms with Gasteiger partial charge in [0, 0.05) is 12.0 Å². The van der Waals surface area contributed by atoms with Crippen molar-refractivity contribution in [2.75, 3.05) is 6.61 Å². The van der Waals surface area contributed by atoms with Gasteiger partial charge < -0.3 is 15.6 Å². The molecule has 1 aliphatic carbocycles. The summed E-state index contributed by atoms with van der Waals surface area (Å²) in [5.74, 6) is -3.92. The summed E-state index contributed by atoms with van der Waals surface area (Å²) in [5, 5.41) is 18.9. The molecule has 0 saturated carbocycles. The first-order valence-electron chi connectivity index (χ1n) is 10.3. The molecular weight excluding hydrogens is 404 g/mol. The van der Waals surface area contributed by atoms with Gasteiger partial charge in [0.25, 0.3) is 0 Å². The van der Waals surface area contributed by atoms with Gasteiger partial charge in [-0.3, -0.25) is 9.59 Å². The molecule has 3 aromatic carbocycles. The average molecular weight is 426 g/mol. The van der Waals surface area contributed by atoms with Crippen LogP contribution in [-0.4, -0.2) is 29.7 Å². The highest BCUT2D eigenvalue weighted by atomic mass is 16.5. The van der Waals surface area contributed by atoms with Crippen LogP contribution in [0.4, 0.5) is 0 Å². The lowest BCUT2D eigenvalue weighted by Gasteiger charge is -2.21. The zero-order valence-corrected chi connectivity index (χ0v) is 17.3. The quantitative estimate of drug-likeness (QED) is 0.442. The Morgan fingerprint density at radius 3 is 2.12 bits per heavy atom. The van der Waals surface area contributed by atoms with E-state index in [-0.39, 0.29) is 18.9 Å². The molecule has 6 heteroatoms. The molecule has 0 fully saturated rings. The maximum absolute atomic E-state index is 12.8. The number of esters is 1. The maximum Gasteiger partial charge on any atom is 0.321 e. The van der Waals surface area contributed by atoms with E-state index in [1.54, 1.807) is 24.3 Å². The Bertz CT molecular complexity index is 1170. The Labute approximate surface area is 185 Å². The molecule has 6 nitrogen and oxygen atoms in total. The second kappa shape index (κ2) is 9.04. The first-order valence-corrected chi connectivity index (χ1v) is 10.3. The highest BCUT2D eigenvalue weighted by molar-refractivity contribution is 5.95. The summed E-state index contributed by atoms with van der Waals surface area (Å²) in [6.07, 6.45) is 0.0743. The van der Waals surface area contributed by atoms with Crippen LogP contribution in [0.2, 0.25) is 0 Å². The topological polar surface area (TPSA) is 113 Å². The van der Waals surface area contributed by atoms with Gasteiger partial charge in [0.1, 0.15) is 6.61 Å². The summed E-state index contributed by atoms with van der Waals surface area (Å²) in [7, 11) is 0. The van der Waals surface area contributed by atoms with E-state index >= 15 is 0 Å². The van der Waals surface area contributed by atoms with E-state index in [4.69, 9.17) is 10.5 Å². The van der Waals surface area contributed by atoms with Gasteiger partial charge in [-0.15, -0.1) is 0 Å². The SMILES string of the molecule is N#Cc1ccccc1C[C@@H](N)[C@H](C(=O)O)C(=O)OCC1c2ccccc2-c2ccccc21. The molecule has 0 heterocycles. The largest absolute Gasteiger partial charge is 0.481 e. The zero-order chi connectivity index (χ0) is 22.7. The number of hydrogen-bond donors (Lipinski definition) is 2. The summed E-state index contributed by atoms with van der Waals surface area (Å²) in [5.41, 5.74) is 11.4. The lowest BCUT2D eigenvalue weighted by Crippen LogP contribution is -2.43. The first kappa shape index (κ1) is 21.3. The van der Waals surface area contributed by atoms with E-state index in [2.05, 4.69) is 6.07 Å². The Morgan fingerprint density at radius 1 is 0.969 bits per heavy atom. The van der Waals surface area contributed by atoms with Crippen LogP contribution >= 0.6 is 0 Å². The molecule has 160 valence electrons. The lowest BCUT2D eigenvalue weighted by atomic mass is 9.92. The van der Waals surface area contributed by atoms with E-state index in [1.807, 2.05) is 48.5 Å². The Hall–Kier alpha value is -3.95. The van der Waals surface area contributed by atoms with E-state index in [9.17, 15) is 20.0 Å². The number of aliphatic carboxylic acids is 1. The van der Waals surface area contributed by atoms with Crippen molar-refractivity contribution >= 4 is 11.9 Å². The Balaban J connectivity index is 1.51. The number of fused-ring (bicyclic) bond motifs is 3. The van der Waals surface area contributed by atoms with Gasteiger partial charge in [0.2, 0.25) is 0 Å². The maximum atomic E-state index is 12.8. The van der Waals surface area contributed by atoms with Crippen molar-refractivity contribution in [3.63, 3.8) is 0 Å². The Morgan fingerprint density at radius 2 is 1.53 bits per heavy atom. The number of nitrogens with two attached hydrogens (primary N) is 1. The fourth-order valence-electron chi connectivity index (χ4n) is 4.33. The number of carboxylic acids is 1. The molecule has 32 heavy (non-hydrogen) atoms. The number of carboxylic acid groups (broad SMARTS) is 1. The number of carbonyl (C=O) groups excluding carboxylic acids is 1. The molecule has 0 radical (unpaired) electrons. The fourth-order valence-corrected chi connectivity index (χ4v) is 4.33. The summed E-state index contributed by atoms with van der Waals surface area (Å²) < 4.78 is 5.51. The van der Waals surface area contributed by atoms with E-state index in [0.29, 0.717) is 11.1 Å². The molecule has 0 amide bonds. The average Bonchev–Trinajstić information content (AvgIpc) is 3.11. The van der Waals surface area contributed by atoms with Crippen molar-refractivity contribution in [2.24, 2.45) is 11.7 Å². The van der Waals surface area contributed by atoms with Crippen molar-refractivity contribution < 1.29 is 19.4 Å². The minimum Gasteiger partial charge on any atom is -0.481 e. The van der Waals surface area contributed by atoms with Crippen LogP contribution in [0.15, 0.2) is 72.8 Å². The number of nitriles is 1. The number of hydrogen-bond acceptors (Lipinski definition) is 5. The monoisotopic (exact) mass is 426 g/mol. The van der Waals surface area contributed by atoms with Crippen molar-refractivity contribution in [3.05, 3.63) is 95.1 Å². The molecule has 1 aliphatic rings. The summed E-state index contributed by atoms with van der Waals surface area (Å²) in [4.78, 5) is 24.7. The third-order valence-corrected chi connectivity index (χ3v) is 5.90. The molecule has 0 aliphatic heterocycles. The third-order valence-electron chi connectivity index (χ3n) is 5.90. The number of carbonyl (C=O) groups is 2. The normalized spacial score (nSPS) is 14.0. The number of rotatable bonds is 7. The van der Waals surface area contributed by atoms with Crippen molar-refractivity contribution in [2.45, 2.75) is 18.4 Å². The van der Waals surface area contributed by atoms with Crippen molar-refractivity contribution in [3.8, 4) is 17.2 Å². The number of ether oxygens (including phenoxy) is 1. The molecule has 3 aromatic rings. The molecule has 0 spiro atoms. The number of benzene rings is 3. The van der Waals surface area contributed by atoms with Gasteiger partial charge in [-0.25, -0.2) is 0 Å². The minimum absolute atomic E-state index is 0.0259. The van der Waals surface area contributed by atoms with E-state index in [1.165, 1.54) is 0 Å². The van der Waals surface area contributed by atoms with Gasteiger partial charge >= 0.3 is 11.9 Å². The minimum atomic E-state index is -1.53. The molecule has 4 rings (SSSR count). The predicted octanol–water partition coefficient (Wildman–Crippen LogP) is 3.48. The molecule has 0 saturated heterocycles. The molecule has 0 aromatic heterocycles. The molecule has 0 bridgehead atoms. The van der Waals surface area contributed by atoms with Crippen LogP contribution in [0.25, 0.3) is 11.1 Å². The second-order valence-electron chi connectivity index (χ2n) is 7.81. The van der Waals surface area contributed by atoms with Gasteiger partial charge in [0.05, 0.1) is 11.6 Å². The van der Waals surface area contributed by atoms with Crippen molar-refractivity contribution in [1.29, 1.82) is 5.26 Å². The van der Waals surface area contributed by atoms with E-state index in [0.717, 1.165) is 22.3 Å². The Kier molecular flexibility index (Phi) is 6.02. The fraction of sp³-hybridized carbons (Fsp3) is 0.192. The number of nitrogens with zero attached hydrogens (tertiary/aromatic N) is 1. The predicted molar refractivity (Wildman–Crippen MR) is 119 cm³/mol. The lowest BCUT2D eigenvalue weighted by molar-refractivity contribution is -0.159. The van der Waals surface area contributed by atoms with Crippen LogP contribution in [0.3, 0.4) is 0 Å². The zero-order valence-electron chi connectivity index (χ0n) is 17.3. The van der Waals surface area contributed by atoms with Crippen LogP contribution < -0.4 is 5.73 Å². The van der Waals surface area contributed by atoms with Gasteiger partial charge in [-0.05, 0) is 40.3 Å². The highest BCUT2D eigenvalue weighted by Crippen LogP contribution is 2.44. The van der Waals surface area contributed by atoms with Crippen LogP contribution in [0, 0.1) is 17.2 Å². The van der Waals surface area contributed by atoms with Gasteiger partial charge in [-0.1, -0.05) is 66.7 Å². The highest BCUT2D eigenvalue weighted by Gasteiger charge is 2.36. The van der Waals surface area contributed by atoms with E-state index < -0.39 is 23.9 Å². The summed E-state index contributed by atoms with van der Waals surface area (Å²) >= 11 is 0. The van der Waals surface area contributed by atoms with Crippen LogP contribution in [0.1, 0.15) is 28.2 Å². The molecular formula is C26H22N2O4. The first-order chi connectivity index (χ1) is 15.5. The van der Waals surface area contributed by atoms with Crippen LogP contribution in [0.5, 0.6) is 0 Å². The van der Waals surface area contributed by atoms with Crippen LogP contribution in [-0.2, 0) is 20.7 Å². The smallest absolute Gasteiger partial charge is 0.321 e. The summed E-state index contributed by atoms with van der Waals surface area (Å²) in [6, 6.07) is 23.6. The van der Waals surface area contributed by atoms with Gasteiger partial charge in [0.15, 0.2) is 5.92 Å². The van der Waals surface area contributed by atoms with Crippen molar-refractivity contribution in [1.82, 2.24) is 0 Å².